The molecule has 0 saturated carbocycles. The van der Waals surface area contributed by atoms with Crippen LogP contribution >= 0.6 is 11.3 Å². The van der Waals surface area contributed by atoms with E-state index in [4.69, 9.17) is 4.74 Å². The number of hydrogen-bond donors (Lipinski definition) is 0. The maximum Gasteiger partial charge on any atom is 0.123 e. The van der Waals surface area contributed by atoms with Gasteiger partial charge < -0.3 is 4.74 Å². The van der Waals surface area contributed by atoms with E-state index in [0.29, 0.717) is 0 Å². The summed E-state index contributed by atoms with van der Waals surface area (Å²) in [6.45, 7) is 8.42. The largest absolute Gasteiger partial charge is 0.378 e. The molecule has 2 aliphatic heterocycles. The van der Waals surface area contributed by atoms with Crippen LogP contribution in [0.1, 0.15) is 29.1 Å². The van der Waals surface area contributed by atoms with Gasteiger partial charge in [0.05, 0.1) is 23.9 Å². The number of thiazole rings is 1. The number of morpholine rings is 1. The van der Waals surface area contributed by atoms with Gasteiger partial charge in [0.15, 0.2) is 0 Å². The van der Waals surface area contributed by atoms with Crippen LogP contribution in [0.25, 0.3) is 0 Å². The van der Waals surface area contributed by atoms with E-state index in [1.54, 1.807) is 23.5 Å². The summed E-state index contributed by atoms with van der Waals surface area (Å²) >= 11 is 1.72. The van der Waals surface area contributed by atoms with Gasteiger partial charge in [0.2, 0.25) is 0 Å². The Balaban J connectivity index is 1.40. The zero-order chi connectivity index (χ0) is 18.0. The first kappa shape index (κ1) is 18.0. The van der Waals surface area contributed by atoms with Crippen LogP contribution in [-0.2, 0) is 17.8 Å². The molecule has 140 valence electrons. The van der Waals surface area contributed by atoms with E-state index in [2.05, 4.69) is 27.1 Å². The fourth-order valence-corrected chi connectivity index (χ4v) is 4.77. The SMILES string of the molecule is Cc1nc(CN2CCOCC23CCN(Cc2cccc(F)c2)CC3)cs1. The first-order chi connectivity index (χ1) is 12.6. The standard InChI is InChI=1S/C20H26FN3OS/c1-16-22-19(14-26-16)13-24-9-10-25-15-20(24)5-7-23(8-6-20)12-17-3-2-4-18(21)11-17/h2-4,11,14H,5-10,12-13,15H2,1H3. The van der Waals surface area contributed by atoms with Crippen LogP contribution in [0, 0.1) is 12.7 Å². The van der Waals surface area contributed by atoms with E-state index in [1.165, 1.54) is 11.8 Å². The van der Waals surface area contributed by atoms with Crippen LogP contribution in [0.15, 0.2) is 29.6 Å². The van der Waals surface area contributed by atoms with Gasteiger partial charge in [0, 0.05) is 43.6 Å². The Bertz CT molecular complexity index is 742. The number of aryl methyl sites for hydroxylation is 1. The van der Waals surface area contributed by atoms with E-state index in [0.717, 1.165) is 69.4 Å². The number of nitrogens with zero attached hydrogens (tertiary/aromatic N) is 3. The van der Waals surface area contributed by atoms with Gasteiger partial charge >= 0.3 is 0 Å². The van der Waals surface area contributed by atoms with E-state index < -0.39 is 0 Å². The molecule has 0 amide bonds. The molecule has 2 saturated heterocycles. The second-order valence-electron chi connectivity index (χ2n) is 7.46. The molecule has 26 heavy (non-hydrogen) atoms. The van der Waals surface area contributed by atoms with E-state index in [1.807, 2.05) is 6.07 Å². The van der Waals surface area contributed by atoms with Crippen molar-refractivity contribution in [2.24, 2.45) is 0 Å². The Kier molecular flexibility index (Phi) is 5.36. The summed E-state index contributed by atoms with van der Waals surface area (Å²) in [5, 5.41) is 3.31. The van der Waals surface area contributed by atoms with Gasteiger partial charge in [-0.25, -0.2) is 9.37 Å². The molecule has 4 rings (SSSR count). The molecular formula is C20H26FN3OS. The Morgan fingerprint density at radius 2 is 2.08 bits per heavy atom. The highest BCUT2D eigenvalue weighted by Gasteiger charge is 2.42. The fraction of sp³-hybridized carbons (Fsp3) is 0.550. The second kappa shape index (κ2) is 7.72. The van der Waals surface area contributed by atoms with Crippen molar-refractivity contribution in [3.05, 3.63) is 51.7 Å². The van der Waals surface area contributed by atoms with Crippen LogP contribution < -0.4 is 0 Å². The average molecular weight is 376 g/mol. The third kappa shape index (κ3) is 3.98. The van der Waals surface area contributed by atoms with Crippen molar-refractivity contribution in [2.75, 3.05) is 32.8 Å². The van der Waals surface area contributed by atoms with Crippen molar-refractivity contribution in [2.45, 2.75) is 38.4 Å². The van der Waals surface area contributed by atoms with Gasteiger partial charge in [-0.05, 0) is 37.5 Å². The molecule has 2 aromatic rings. The van der Waals surface area contributed by atoms with Gasteiger partial charge in [0.1, 0.15) is 5.82 Å². The summed E-state index contributed by atoms with van der Waals surface area (Å²) in [6, 6.07) is 6.95. The third-order valence-electron chi connectivity index (χ3n) is 5.65. The summed E-state index contributed by atoms with van der Waals surface area (Å²) in [6.07, 6.45) is 2.18. The minimum Gasteiger partial charge on any atom is -0.378 e. The highest BCUT2D eigenvalue weighted by Crippen LogP contribution is 2.33. The summed E-state index contributed by atoms with van der Waals surface area (Å²) in [7, 11) is 0. The molecule has 6 heteroatoms. The van der Waals surface area contributed by atoms with Crippen molar-refractivity contribution in [3.8, 4) is 0 Å². The fourth-order valence-electron chi connectivity index (χ4n) is 4.17. The summed E-state index contributed by atoms with van der Waals surface area (Å²) < 4.78 is 19.3. The molecule has 0 atom stereocenters. The van der Waals surface area contributed by atoms with Crippen molar-refractivity contribution in [1.82, 2.24) is 14.8 Å². The molecule has 1 aromatic carbocycles. The highest BCUT2D eigenvalue weighted by atomic mass is 32.1. The van der Waals surface area contributed by atoms with Gasteiger partial charge in [-0.2, -0.15) is 0 Å². The number of benzene rings is 1. The summed E-state index contributed by atoms with van der Waals surface area (Å²) in [4.78, 5) is 9.67. The minimum atomic E-state index is -0.151. The van der Waals surface area contributed by atoms with Crippen molar-refractivity contribution in [1.29, 1.82) is 0 Å². The molecule has 0 bridgehead atoms. The predicted octanol–water partition coefficient (Wildman–Crippen LogP) is 3.46. The average Bonchev–Trinajstić information content (AvgIpc) is 3.04. The smallest absolute Gasteiger partial charge is 0.123 e. The molecule has 1 spiro atoms. The lowest BCUT2D eigenvalue weighted by Gasteiger charge is -2.51. The van der Waals surface area contributed by atoms with Crippen LogP contribution in [0.5, 0.6) is 0 Å². The molecule has 2 fully saturated rings. The molecular weight excluding hydrogens is 349 g/mol. The molecule has 0 radical (unpaired) electrons. The summed E-state index contributed by atoms with van der Waals surface area (Å²) in [5.41, 5.74) is 2.35. The van der Waals surface area contributed by atoms with Crippen LogP contribution in [-0.4, -0.2) is 53.2 Å². The Morgan fingerprint density at radius 3 is 2.81 bits per heavy atom. The molecule has 1 aromatic heterocycles. The van der Waals surface area contributed by atoms with E-state index >= 15 is 0 Å². The van der Waals surface area contributed by atoms with Crippen LogP contribution in [0.4, 0.5) is 4.39 Å². The molecule has 0 aliphatic carbocycles. The molecule has 0 N–H and O–H groups in total. The number of likely N-dealkylation sites (tertiary alicyclic amines) is 1. The van der Waals surface area contributed by atoms with Gasteiger partial charge in [-0.1, -0.05) is 12.1 Å². The lowest BCUT2D eigenvalue weighted by atomic mass is 9.85. The molecule has 3 heterocycles. The number of ether oxygens (including phenoxy) is 1. The molecule has 0 unspecified atom stereocenters. The van der Waals surface area contributed by atoms with Gasteiger partial charge in [-0.3, -0.25) is 9.80 Å². The lowest BCUT2D eigenvalue weighted by molar-refractivity contribution is -0.0999. The maximum atomic E-state index is 13.4. The Labute approximate surface area is 158 Å². The first-order valence-electron chi connectivity index (χ1n) is 9.34. The zero-order valence-corrected chi connectivity index (χ0v) is 16.1. The quantitative estimate of drug-likeness (QED) is 0.818. The van der Waals surface area contributed by atoms with Crippen molar-refractivity contribution in [3.63, 3.8) is 0 Å². The number of halogens is 1. The zero-order valence-electron chi connectivity index (χ0n) is 15.3. The lowest BCUT2D eigenvalue weighted by Crippen LogP contribution is -2.60. The first-order valence-corrected chi connectivity index (χ1v) is 10.2. The normalized spacial score (nSPS) is 21.3. The second-order valence-corrected chi connectivity index (χ2v) is 8.52. The number of piperidine rings is 1. The van der Waals surface area contributed by atoms with Gasteiger partial charge in [-0.15, -0.1) is 11.3 Å². The number of hydrogen-bond acceptors (Lipinski definition) is 5. The van der Waals surface area contributed by atoms with Gasteiger partial charge in [0.25, 0.3) is 0 Å². The van der Waals surface area contributed by atoms with Crippen molar-refractivity contribution >= 4 is 11.3 Å². The highest BCUT2D eigenvalue weighted by molar-refractivity contribution is 7.09. The Hall–Kier alpha value is -1.34. The van der Waals surface area contributed by atoms with E-state index in [9.17, 15) is 4.39 Å². The van der Waals surface area contributed by atoms with E-state index in [-0.39, 0.29) is 11.4 Å². The number of aromatic nitrogens is 1. The van der Waals surface area contributed by atoms with Crippen molar-refractivity contribution < 1.29 is 9.13 Å². The Morgan fingerprint density at radius 1 is 1.23 bits per heavy atom. The predicted molar refractivity (Wildman–Crippen MR) is 102 cm³/mol. The minimum absolute atomic E-state index is 0.119. The summed E-state index contributed by atoms with van der Waals surface area (Å²) in [5.74, 6) is -0.151. The third-order valence-corrected chi connectivity index (χ3v) is 6.47. The molecule has 2 aliphatic rings. The molecule has 4 nitrogen and oxygen atoms in total. The monoisotopic (exact) mass is 375 g/mol. The van der Waals surface area contributed by atoms with Crippen LogP contribution in [0.2, 0.25) is 0 Å². The number of rotatable bonds is 4. The van der Waals surface area contributed by atoms with Crippen LogP contribution in [0.3, 0.4) is 0 Å². The topological polar surface area (TPSA) is 28.6 Å². The maximum absolute atomic E-state index is 13.4.